The normalized spacial score (nSPS) is 16.8. The number of carbonyl (C=O) groups is 1. The number of nitrogens with zero attached hydrogens (tertiary/aromatic N) is 1. The lowest BCUT2D eigenvalue weighted by Gasteiger charge is -2.16. The van der Waals surface area contributed by atoms with Gasteiger partial charge in [0.1, 0.15) is 17.6 Å². The van der Waals surface area contributed by atoms with Gasteiger partial charge < -0.3 is 19.4 Å². The number of hydrogen-bond donors (Lipinski definition) is 2. The number of amides is 1. The van der Waals surface area contributed by atoms with Crippen molar-refractivity contribution < 1.29 is 18.8 Å². The maximum absolute atomic E-state index is 12.3. The molecule has 0 spiro atoms. The highest BCUT2D eigenvalue weighted by Gasteiger charge is 2.25. The Morgan fingerprint density at radius 1 is 1.45 bits per heavy atom. The summed E-state index contributed by atoms with van der Waals surface area (Å²) in [5, 5.41) is 16.8. The molecule has 2 atom stereocenters. The molecule has 0 fully saturated rings. The summed E-state index contributed by atoms with van der Waals surface area (Å²) in [6.45, 7) is 1.84. The van der Waals surface area contributed by atoms with Crippen LogP contribution >= 0.6 is 0 Å². The zero-order valence-corrected chi connectivity index (χ0v) is 12.5. The quantitative estimate of drug-likeness (QED) is 0.885. The molecule has 2 aromatic rings. The zero-order chi connectivity index (χ0) is 15.5. The Hall–Kier alpha value is -2.08. The number of aliphatic hydroxyl groups excluding tert-OH is 1. The molecule has 6 nitrogen and oxygen atoms in total. The molecule has 0 bridgehead atoms. The minimum absolute atomic E-state index is 0.205. The number of carbonyl (C=O) groups excluding carboxylic acids is 1. The maximum Gasteiger partial charge on any atom is 0.273 e. The van der Waals surface area contributed by atoms with Crippen LogP contribution in [0.3, 0.4) is 0 Å². The molecule has 1 aliphatic carbocycles. The predicted molar refractivity (Wildman–Crippen MR) is 78.4 cm³/mol. The minimum atomic E-state index is -0.739. The van der Waals surface area contributed by atoms with Crippen molar-refractivity contribution in [2.75, 3.05) is 0 Å². The van der Waals surface area contributed by atoms with E-state index in [9.17, 15) is 9.90 Å². The van der Waals surface area contributed by atoms with E-state index >= 15 is 0 Å². The van der Waals surface area contributed by atoms with Gasteiger partial charge in [0.2, 0.25) is 0 Å². The topological polar surface area (TPSA) is 88.5 Å². The number of rotatable bonds is 5. The van der Waals surface area contributed by atoms with E-state index in [1.165, 1.54) is 6.26 Å². The van der Waals surface area contributed by atoms with Gasteiger partial charge in [-0.3, -0.25) is 4.79 Å². The molecule has 2 heterocycles. The van der Waals surface area contributed by atoms with E-state index in [0.29, 0.717) is 17.9 Å². The van der Waals surface area contributed by atoms with E-state index in [-0.39, 0.29) is 11.9 Å². The van der Waals surface area contributed by atoms with Crippen LogP contribution in [0.2, 0.25) is 0 Å². The standard InChI is InChI=1S/C16H20N2O4/c1-10(9-12(19)14-7-4-8-21-14)17-16(20)15-11-5-2-3-6-13(11)22-18-15/h4,7-8,10,12,19H,2-3,5-6,9H2,1H3,(H,17,20). The highest BCUT2D eigenvalue weighted by atomic mass is 16.5. The van der Waals surface area contributed by atoms with E-state index in [1.807, 2.05) is 6.92 Å². The third-order valence-corrected chi connectivity index (χ3v) is 3.99. The van der Waals surface area contributed by atoms with Crippen LogP contribution < -0.4 is 5.32 Å². The van der Waals surface area contributed by atoms with Crippen molar-refractivity contribution in [2.45, 2.75) is 51.2 Å². The van der Waals surface area contributed by atoms with Gasteiger partial charge in [-0.25, -0.2) is 0 Å². The van der Waals surface area contributed by atoms with Crippen molar-refractivity contribution in [1.82, 2.24) is 10.5 Å². The summed E-state index contributed by atoms with van der Waals surface area (Å²) in [7, 11) is 0. The number of aryl methyl sites for hydroxylation is 1. The summed E-state index contributed by atoms with van der Waals surface area (Å²) in [6.07, 6.45) is 4.98. The number of fused-ring (bicyclic) bond motifs is 1. The third kappa shape index (κ3) is 3.06. The lowest BCUT2D eigenvalue weighted by atomic mass is 9.96. The fourth-order valence-electron chi connectivity index (χ4n) is 2.85. The number of nitrogens with one attached hydrogen (secondary N) is 1. The Morgan fingerprint density at radius 3 is 3.05 bits per heavy atom. The molecule has 0 saturated heterocycles. The Balaban J connectivity index is 1.60. The summed E-state index contributed by atoms with van der Waals surface area (Å²) >= 11 is 0. The average Bonchev–Trinajstić information content (AvgIpc) is 3.16. The summed E-state index contributed by atoms with van der Waals surface area (Å²) < 4.78 is 10.4. The van der Waals surface area contributed by atoms with Crippen LogP contribution in [-0.4, -0.2) is 22.2 Å². The fraction of sp³-hybridized carbons (Fsp3) is 0.500. The van der Waals surface area contributed by atoms with Crippen molar-refractivity contribution >= 4 is 5.91 Å². The van der Waals surface area contributed by atoms with Crippen molar-refractivity contribution in [3.8, 4) is 0 Å². The monoisotopic (exact) mass is 304 g/mol. The van der Waals surface area contributed by atoms with E-state index in [0.717, 1.165) is 37.0 Å². The van der Waals surface area contributed by atoms with Crippen molar-refractivity contribution in [3.05, 3.63) is 41.2 Å². The first-order valence-electron chi connectivity index (χ1n) is 7.65. The molecule has 118 valence electrons. The van der Waals surface area contributed by atoms with Crippen LogP contribution in [0.1, 0.15) is 59.9 Å². The molecule has 3 rings (SSSR count). The van der Waals surface area contributed by atoms with Gasteiger partial charge in [-0.05, 0) is 38.3 Å². The second kappa shape index (κ2) is 6.36. The second-order valence-corrected chi connectivity index (χ2v) is 5.78. The van der Waals surface area contributed by atoms with E-state index < -0.39 is 6.10 Å². The molecule has 0 radical (unpaired) electrons. The number of furan rings is 1. The summed E-state index contributed by atoms with van der Waals surface area (Å²) in [5.74, 6) is 1.09. The molecule has 2 N–H and O–H groups in total. The van der Waals surface area contributed by atoms with Gasteiger partial charge in [-0.1, -0.05) is 5.16 Å². The van der Waals surface area contributed by atoms with Gasteiger partial charge in [-0.15, -0.1) is 0 Å². The first-order chi connectivity index (χ1) is 10.6. The predicted octanol–water partition coefficient (Wildman–Crippen LogP) is 2.39. The Bertz CT molecular complexity index is 633. The van der Waals surface area contributed by atoms with Gasteiger partial charge in [0.25, 0.3) is 5.91 Å². The number of hydrogen-bond acceptors (Lipinski definition) is 5. The highest BCUT2D eigenvalue weighted by molar-refractivity contribution is 5.94. The molecule has 0 aliphatic heterocycles. The summed E-state index contributed by atoms with van der Waals surface area (Å²) in [5.41, 5.74) is 1.32. The molecule has 2 unspecified atom stereocenters. The molecule has 2 aromatic heterocycles. The van der Waals surface area contributed by atoms with Crippen molar-refractivity contribution in [3.63, 3.8) is 0 Å². The lowest BCUT2D eigenvalue weighted by molar-refractivity contribution is 0.0893. The van der Waals surface area contributed by atoms with Crippen LogP contribution in [0.15, 0.2) is 27.3 Å². The minimum Gasteiger partial charge on any atom is -0.467 e. The third-order valence-electron chi connectivity index (χ3n) is 3.99. The van der Waals surface area contributed by atoms with E-state index in [4.69, 9.17) is 8.94 Å². The molecule has 0 aromatic carbocycles. The lowest BCUT2D eigenvalue weighted by Crippen LogP contribution is -2.34. The van der Waals surface area contributed by atoms with Crippen LogP contribution in [0.5, 0.6) is 0 Å². The maximum atomic E-state index is 12.3. The highest BCUT2D eigenvalue weighted by Crippen LogP contribution is 2.24. The van der Waals surface area contributed by atoms with Gasteiger partial charge >= 0.3 is 0 Å². The summed E-state index contributed by atoms with van der Waals surface area (Å²) in [4.78, 5) is 12.3. The van der Waals surface area contributed by atoms with Crippen molar-refractivity contribution in [1.29, 1.82) is 0 Å². The van der Waals surface area contributed by atoms with Crippen LogP contribution in [0, 0.1) is 0 Å². The van der Waals surface area contributed by atoms with Crippen LogP contribution in [0.4, 0.5) is 0 Å². The first-order valence-corrected chi connectivity index (χ1v) is 7.65. The molecule has 0 saturated carbocycles. The molecule has 1 amide bonds. The second-order valence-electron chi connectivity index (χ2n) is 5.78. The molecule has 6 heteroatoms. The van der Waals surface area contributed by atoms with Crippen LogP contribution in [0.25, 0.3) is 0 Å². The van der Waals surface area contributed by atoms with Crippen LogP contribution in [-0.2, 0) is 12.8 Å². The van der Waals surface area contributed by atoms with Gasteiger partial charge in [0, 0.05) is 24.4 Å². The van der Waals surface area contributed by atoms with E-state index in [2.05, 4.69) is 10.5 Å². The SMILES string of the molecule is CC(CC(O)c1ccco1)NC(=O)c1noc2c1CCCC2. The Kier molecular flexibility index (Phi) is 4.29. The van der Waals surface area contributed by atoms with E-state index in [1.54, 1.807) is 12.1 Å². The Morgan fingerprint density at radius 2 is 2.27 bits per heavy atom. The molecular weight excluding hydrogens is 284 g/mol. The molecule has 1 aliphatic rings. The average molecular weight is 304 g/mol. The number of aliphatic hydroxyl groups is 1. The summed E-state index contributed by atoms with van der Waals surface area (Å²) in [6, 6.07) is 3.24. The number of aromatic nitrogens is 1. The Labute approximate surface area is 128 Å². The smallest absolute Gasteiger partial charge is 0.273 e. The zero-order valence-electron chi connectivity index (χ0n) is 12.5. The first kappa shape index (κ1) is 14.8. The largest absolute Gasteiger partial charge is 0.467 e. The van der Waals surface area contributed by atoms with Gasteiger partial charge in [0.05, 0.1) is 6.26 Å². The van der Waals surface area contributed by atoms with Gasteiger partial charge in [0.15, 0.2) is 5.69 Å². The molecular formula is C16H20N2O4. The van der Waals surface area contributed by atoms with Gasteiger partial charge in [-0.2, -0.15) is 0 Å². The fourth-order valence-corrected chi connectivity index (χ4v) is 2.85. The molecule has 22 heavy (non-hydrogen) atoms. The van der Waals surface area contributed by atoms with Crippen molar-refractivity contribution in [2.24, 2.45) is 0 Å².